The summed E-state index contributed by atoms with van der Waals surface area (Å²) in [5.74, 6) is -0.784. The summed E-state index contributed by atoms with van der Waals surface area (Å²) in [6.45, 7) is -0.133. The lowest BCUT2D eigenvalue weighted by Gasteiger charge is -2.12. The van der Waals surface area contributed by atoms with Crippen LogP contribution in [0.4, 0.5) is 10.1 Å². The van der Waals surface area contributed by atoms with Gasteiger partial charge in [-0.05, 0) is 24.3 Å². The Kier molecular flexibility index (Phi) is 5.12. The van der Waals surface area contributed by atoms with Crippen LogP contribution in [0.15, 0.2) is 53.4 Å². The molecule has 2 aromatic rings. The van der Waals surface area contributed by atoms with Crippen LogP contribution in [-0.4, -0.2) is 39.1 Å². The van der Waals surface area contributed by atoms with E-state index in [0.717, 1.165) is 4.31 Å². The van der Waals surface area contributed by atoms with Gasteiger partial charge in [-0.2, -0.15) is 0 Å². The average molecular weight is 336 g/mol. The highest BCUT2D eigenvalue weighted by Gasteiger charge is 2.18. The molecule has 2 rings (SSSR count). The Morgan fingerprint density at radius 1 is 1.13 bits per heavy atom. The second-order valence-electron chi connectivity index (χ2n) is 5.07. The number of benzene rings is 2. The third-order valence-corrected chi connectivity index (χ3v) is 5.06. The minimum atomic E-state index is -3.61. The zero-order valence-corrected chi connectivity index (χ0v) is 13.6. The van der Waals surface area contributed by atoms with Crippen molar-refractivity contribution in [2.45, 2.75) is 4.90 Å². The summed E-state index contributed by atoms with van der Waals surface area (Å²) in [4.78, 5) is 12.2. The van der Waals surface area contributed by atoms with Crippen LogP contribution in [-0.2, 0) is 10.0 Å². The number of rotatable bonds is 6. The molecule has 0 spiro atoms. The normalized spacial score (nSPS) is 11.5. The van der Waals surface area contributed by atoms with Crippen molar-refractivity contribution in [2.24, 2.45) is 0 Å². The first-order chi connectivity index (χ1) is 10.8. The number of halogens is 1. The molecule has 0 saturated carbocycles. The quantitative estimate of drug-likeness (QED) is 0.823. The van der Waals surface area contributed by atoms with Crippen LogP contribution in [0.5, 0.6) is 0 Å². The van der Waals surface area contributed by atoms with Gasteiger partial charge in [0.25, 0.3) is 0 Å². The van der Waals surface area contributed by atoms with E-state index in [1.165, 1.54) is 50.5 Å². The number of anilines is 1. The maximum Gasteiger partial charge on any atom is 0.242 e. The van der Waals surface area contributed by atoms with E-state index in [-0.39, 0.29) is 28.5 Å². The lowest BCUT2D eigenvalue weighted by molar-refractivity contribution is 0.101. The Bertz CT molecular complexity index is 820. The first kappa shape index (κ1) is 17.1. The van der Waals surface area contributed by atoms with Crippen molar-refractivity contribution < 1.29 is 17.6 Å². The molecule has 7 heteroatoms. The molecule has 0 atom stereocenters. The lowest BCUT2D eigenvalue weighted by atomic mass is 10.1. The van der Waals surface area contributed by atoms with Crippen LogP contribution >= 0.6 is 0 Å². The van der Waals surface area contributed by atoms with Crippen LogP contribution in [0.25, 0.3) is 0 Å². The van der Waals surface area contributed by atoms with Crippen molar-refractivity contribution in [3.8, 4) is 0 Å². The fourth-order valence-corrected chi connectivity index (χ4v) is 2.87. The molecule has 0 bridgehead atoms. The van der Waals surface area contributed by atoms with E-state index in [2.05, 4.69) is 5.32 Å². The molecule has 0 aliphatic heterocycles. The molecule has 122 valence electrons. The number of sulfonamides is 1. The Balaban J connectivity index is 2.16. The number of para-hydroxylation sites is 1. The predicted octanol–water partition coefficient (Wildman–Crippen LogP) is 2.37. The summed E-state index contributed by atoms with van der Waals surface area (Å²) in [5, 5.41) is 2.71. The summed E-state index contributed by atoms with van der Waals surface area (Å²) in [6, 6.07) is 11.8. The van der Waals surface area contributed by atoms with Crippen molar-refractivity contribution in [1.29, 1.82) is 0 Å². The monoisotopic (exact) mass is 336 g/mol. The van der Waals surface area contributed by atoms with Gasteiger partial charge in [-0.15, -0.1) is 0 Å². The van der Waals surface area contributed by atoms with Gasteiger partial charge < -0.3 is 5.32 Å². The van der Waals surface area contributed by atoms with E-state index in [9.17, 15) is 17.6 Å². The minimum Gasteiger partial charge on any atom is -0.375 e. The van der Waals surface area contributed by atoms with Crippen LogP contribution in [0.2, 0.25) is 0 Å². The molecule has 0 unspecified atom stereocenters. The molecule has 0 saturated heterocycles. The Morgan fingerprint density at radius 3 is 2.48 bits per heavy atom. The van der Waals surface area contributed by atoms with E-state index < -0.39 is 15.8 Å². The largest absolute Gasteiger partial charge is 0.375 e. The standard InChI is InChI=1S/C16H17FN2O3S/c1-19(2)23(21,22)13-7-5-6-12(10-13)16(20)11-18-15-9-4-3-8-14(15)17/h3-10,18H,11H2,1-2H3. The number of hydrogen-bond donors (Lipinski definition) is 1. The highest BCUT2D eigenvalue weighted by atomic mass is 32.2. The van der Waals surface area contributed by atoms with Crippen molar-refractivity contribution in [3.63, 3.8) is 0 Å². The highest BCUT2D eigenvalue weighted by molar-refractivity contribution is 7.89. The molecule has 23 heavy (non-hydrogen) atoms. The number of Topliss-reactive ketones (excluding diaryl/α,β-unsaturated/α-hetero) is 1. The van der Waals surface area contributed by atoms with Crippen LogP contribution in [0, 0.1) is 5.82 Å². The SMILES string of the molecule is CN(C)S(=O)(=O)c1cccc(C(=O)CNc2ccccc2F)c1. The molecule has 0 aromatic heterocycles. The lowest BCUT2D eigenvalue weighted by Crippen LogP contribution is -2.22. The fraction of sp³-hybridized carbons (Fsp3) is 0.188. The smallest absolute Gasteiger partial charge is 0.242 e. The van der Waals surface area contributed by atoms with E-state index in [1.54, 1.807) is 12.1 Å². The zero-order valence-electron chi connectivity index (χ0n) is 12.8. The first-order valence-corrected chi connectivity index (χ1v) is 8.30. The maximum atomic E-state index is 13.5. The summed E-state index contributed by atoms with van der Waals surface area (Å²) in [6.07, 6.45) is 0. The van der Waals surface area contributed by atoms with Crippen molar-refractivity contribution in [1.82, 2.24) is 4.31 Å². The number of nitrogens with zero attached hydrogens (tertiary/aromatic N) is 1. The minimum absolute atomic E-state index is 0.0410. The number of carbonyl (C=O) groups is 1. The third kappa shape index (κ3) is 3.94. The number of carbonyl (C=O) groups excluding carboxylic acids is 1. The molecule has 0 heterocycles. The van der Waals surface area contributed by atoms with Crippen molar-refractivity contribution in [3.05, 3.63) is 59.9 Å². The van der Waals surface area contributed by atoms with E-state index in [4.69, 9.17) is 0 Å². The number of nitrogens with one attached hydrogen (secondary N) is 1. The van der Waals surface area contributed by atoms with Crippen LogP contribution < -0.4 is 5.32 Å². The Labute approximate surface area is 134 Å². The molecular formula is C16H17FN2O3S. The van der Waals surface area contributed by atoms with Gasteiger partial charge in [-0.3, -0.25) is 4.79 Å². The zero-order chi connectivity index (χ0) is 17.0. The highest BCUT2D eigenvalue weighted by Crippen LogP contribution is 2.16. The van der Waals surface area contributed by atoms with Gasteiger partial charge in [-0.1, -0.05) is 24.3 Å². The summed E-state index contributed by atoms with van der Waals surface area (Å²) in [5.41, 5.74) is 0.467. The van der Waals surface area contributed by atoms with Gasteiger partial charge in [0, 0.05) is 19.7 Å². The van der Waals surface area contributed by atoms with Crippen LogP contribution in [0.3, 0.4) is 0 Å². The molecule has 1 N–H and O–H groups in total. The maximum absolute atomic E-state index is 13.5. The summed E-state index contributed by atoms with van der Waals surface area (Å²) < 4.78 is 38.7. The van der Waals surface area contributed by atoms with E-state index in [1.807, 2.05) is 0 Å². The van der Waals surface area contributed by atoms with Gasteiger partial charge in [0.2, 0.25) is 10.0 Å². The fourth-order valence-electron chi connectivity index (χ4n) is 1.92. The molecule has 0 amide bonds. The first-order valence-electron chi connectivity index (χ1n) is 6.86. The predicted molar refractivity (Wildman–Crippen MR) is 86.5 cm³/mol. The molecule has 0 aliphatic carbocycles. The van der Waals surface area contributed by atoms with Crippen molar-refractivity contribution in [2.75, 3.05) is 26.0 Å². The van der Waals surface area contributed by atoms with E-state index >= 15 is 0 Å². The molecule has 0 radical (unpaired) electrons. The van der Waals surface area contributed by atoms with Gasteiger partial charge in [-0.25, -0.2) is 17.1 Å². The summed E-state index contributed by atoms with van der Waals surface area (Å²) in [7, 11) is -0.766. The number of hydrogen-bond acceptors (Lipinski definition) is 4. The van der Waals surface area contributed by atoms with Gasteiger partial charge in [0.05, 0.1) is 17.1 Å². The topological polar surface area (TPSA) is 66.5 Å². The Hall–Kier alpha value is -2.25. The molecule has 0 fully saturated rings. The number of ketones is 1. The van der Waals surface area contributed by atoms with Gasteiger partial charge in [0.15, 0.2) is 5.78 Å². The van der Waals surface area contributed by atoms with Gasteiger partial charge in [0.1, 0.15) is 5.82 Å². The van der Waals surface area contributed by atoms with Crippen molar-refractivity contribution >= 4 is 21.5 Å². The van der Waals surface area contributed by atoms with Gasteiger partial charge >= 0.3 is 0 Å². The molecule has 5 nitrogen and oxygen atoms in total. The second-order valence-corrected chi connectivity index (χ2v) is 7.22. The third-order valence-electron chi connectivity index (χ3n) is 3.25. The molecular weight excluding hydrogens is 319 g/mol. The van der Waals surface area contributed by atoms with Crippen LogP contribution in [0.1, 0.15) is 10.4 Å². The summed E-state index contributed by atoms with van der Waals surface area (Å²) >= 11 is 0. The Morgan fingerprint density at radius 2 is 1.83 bits per heavy atom. The molecule has 2 aromatic carbocycles. The molecule has 0 aliphatic rings. The average Bonchev–Trinajstić information content (AvgIpc) is 2.53. The second kappa shape index (κ2) is 6.89. The van der Waals surface area contributed by atoms with E-state index in [0.29, 0.717) is 0 Å².